The molecule has 4 atom stereocenters. The molecule has 2 aliphatic carbocycles. The van der Waals surface area contributed by atoms with Gasteiger partial charge in [-0.3, -0.25) is 9.59 Å². The summed E-state index contributed by atoms with van der Waals surface area (Å²) in [5, 5.41) is 3.38. The van der Waals surface area contributed by atoms with Crippen LogP contribution in [-0.4, -0.2) is 33.9 Å². The van der Waals surface area contributed by atoms with E-state index in [1.807, 2.05) is 17.1 Å². The fraction of sp³-hybridized carbons (Fsp3) is 0.333. The van der Waals surface area contributed by atoms with Gasteiger partial charge >= 0.3 is 0 Å². The molecule has 94 valence electrons. The number of hydrogen-bond acceptors (Lipinski definition) is 3. The molecule has 0 aromatic heterocycles. The zero-order valence-corrected chi connectivity index (χ0v) is 10.2. The Kier molecular flexibility index (Phi) is 1.55. The van der Waals surface area contributed by atoms with Gasteiger partial charge in [0.2, 0.25) is 0 Å². The van der Waals surface area contributed by atoms with Crippen molar-refractivity contribution in [2.45, 2.75) is 18.5 Å². The third kappa shape index (κ3) is 1.01. The van der Waals surface area contributed by atoms with Crippen LogP contribution in [0.4, 0.5) is 0 Å². The molecule has 2 unspecified atom stereocenters. The fourth-order valence-corrected chi connectivity index (χ4v) is 4.07. The maximum absolute atomic E-state index is 12.4. The van der Waals surface area contributed by atoms with Gasteiger partial charge in [0.15, 0.2) is 0 Å². The highest BCUT2D eigenvalue weighted by molar-refractivity contribution is 6.21. The number of amides is 2. The minimum Gasteiger partial charge on any atom is -0.267 e. The summed E-state index contributed by atoms with van der Waals surface area (Å²) in [7, 11) is 0. The monoisotopic (exact) mass is 252 g/mol. The van der Waals surface area contributed by atoms with Gasteiger partial charge in [0.1, 0.15) is 0 Å². The normalized spacial score (nSPS) is 40.8. The number of fused-ring (bicyclic) bond motifs is 6. The highest BCUT2D eigenvalue weighted by atomic mass is 16.2. The predicted molar refractivity (Wildman–Crippen MR) is 67.1 cm³/mol. The topological polar surface area (TPSA) is 40.4 Å². The molecule has 0 N–H and O–H groups in total. The van der Waals surface area contributed by atoms with E-state index in [2.05, 4.69) is 12.2 Å². The summed E-state index contributed by atoms with van der Waals surface area (Å²) in [4.78, 5) is 24.8. The number of nitrogens with zero attached hydrogens (tertiary/aromatic N) is 2. The first-order chi connectivity index (χ1) is 9.27. The zero-order chi connectivity index (χ0) is 12.7. The van der Waals surface area contributed by atoms with Gasteiger partial charge in [0.05, 0.1) is 23.2 Å². The molecule has 0 spiro atoms. The molecule has 19 heavy (non-hydrogen) atoms. The van der Waals surface area contributed by atoms with Crippen molar-refractivity contribution >= 4 is 11.8 Å². The molecule has 5 rings (SSSR count). The summed E-state index contributed by atoms with van der Waals surface area (Å²) in [6.07, 6.45) is 5.67. The van der Waals surface area contributed by atoms with Gasteiger partial charge < -0.3 is 0 Å². The lowest BCUT2D eigenvalue weighted by atomic mass is 10.1. The Morgan fingerprint density at radius 2 is 1.42 bits per heavy atom. The van der Waals surface area contributed by atoms with Crippen LogP contribution in [-0.2, 0) is 0 Å². The molecule has 1 aromatic carbocycles. The van der Waals surface area contributed by atoms with Gasteiger partial charge in [-0.25, -0.2) is 10.0 Å². The number of imide groups is 1. The third-order valence-electron chi connectivity index (χ3n) is 4.90. The van der Waals surface area contributed by atoms with Crippen LogP contribution < -0.4 is 0 Å². The van der Waals surface area contributed by atoms with Crippen molar-refractivity contribution in [1.29, 1.82) is 0 Å². The van der Waals surface area contributed by atoms with Crippen LogP contribution in [0.5, 0.6) is 0 Å². The Balaban J connectivity index is 1.54. The van der Waals surface area contributed by atoms with Crippen molar-refractivity contribution in [3.05, 3.63) is 47.5 Å². The first-order valence-corrected chi connectivity index (χ1v) is 6.72. The Hall–Kier alpha value is -1.94. The highest BCUT2D eigenvalue weighted by Crippen LogP contribution is 2.56. The summed E-state index contributed by atoms with van der Waals surface area (Å²) in [5.41, 5.74) is 1.08. The van der Waals surface area contributed by atoms with Crippen LogP contribution in [0.25, 0.3) is 0 Å². The van der Waals surface area contributed by atoms with Crippen molar-refractivity contribution in [3.63, 3.8) is 0 Å². The molecule has 2 aliphatic heterocycles. The lowest BCUT2D eigenvalue weighted by molar-refractivity contribution is 0.0294. The quantitative estimate of drug-likeness (QED) is 0.431. The van der Waals surface area contributed by atoms with Crippen LogP contribution in [0, 0.1) is 11.8 Å². The van der Waals surface area contributed by atoms with E-state index in [0.717, 1.165) is 0 Å². The van der Waals surface area contributed by atoms with Crippen LogP contribution in [0.2, 0.25) is 0 Å². The SMILES string of the molecule is O=C1c2ccccc2C(=O)N1N1C2C1[C@@H]1C=C[C@@H]2C1. The van der Waals surface area contributed by atoms with Crippen LogP contribution in [0.3, 0.4) is 0 Å². The van der Waals surface area contributed by atoms with Crippen molar-refractivity contribution in [3.8, 4) is 0 Å². The Labute approximate surface area is 110 Å². The van der Waals surface area contributed by atoms with Gasteiger partial charge in [-0.15, -0.1) is 0 Å². The standard InChI is InChI=1S/C15H12N2O2/c18-14-10-3-1-2-4-11(10)15(19)17(14)16-12-8-5-6-9(7-8)13(12)16/h1-6,8-9,12-13H,7H2/t8-,9-,12?,13?,16?/m1/s1. The molecule has 0 radical (unpaired) electrons. The number of carbonyl (C=O) groups is 2. The van der Waals surface area contributed by atoms with E-state index >= 15 is 0 Å². The Morgan fingerprint density at radius 1 is 0.895 bits per heavy atom. The minimum absolute atomic E-state index is 0.158. The molecule has 4 nitrogen and oxygen atoms in total. The molecule has 2 fully saturated rings. The number of hydrogen-bond donors (Lipinski definition) is 0. The fourth-order valence-electron chi connectivity index (χ4n) is 4.07. The van der Waals surface area contributed by atoms with E-state index in [4.69, 9.17) is 0 Å². The predicted octanol–water partition coefficient (Wildman–Crippen LogP) is 1.46. The molecule has 1 saturated heterocycles. The van der Waals surface area contributed by atoms with E-state index in [0.29, 0.717) is 35.0 Å². The summed E-state index contributed by atoms with van der Waals surface area (Å²) >= 11 is 0. The van der Waals surface area contributed by atoms with Crippen molar-refractivity contribution in [1.82, 2.24) is 10.0 Å². The number of rotatable bonds is 1. The average molecular weight is 252 g/mol. The summed E-state index contributed by atoms with van der Waals surface area (Å²) in [5.74, 6) is 0.738. The first kappa shape index (κ1) is 9.92. The molecule has 2 amide bonds. The van der Waals surface area contributed by atoms with E-state index in [-0.39, 0.29) is 11.8 Å². The number of carbonyl (C=O) groups excluding carboxylic acids is 2. The van der Waals surface area contributed by atoms with Gasteiger partial charge in [-0.05, 0) is 30.4 Å². The van der Waals surface area contributed by atoms with Crippen molar-refractivity contribution < 1.29 is 9.59 Å². The largest absolute Gasteiger partial charge is 0.276 e. The maximum Gasteiger partial charge on any atom is 0.276 e. The number of benzene rings is 1. The smallest absolute Gasteiger partial charge is 0.267 e. The maximum atomic E-state index is 12.4. The van der Waals surface area contributed by atoms with Gasteiger partial charge in [-0.2, -0.15) is 0 Å². The third-order valence-corrected chi connectivity index (χ3v) is 4.90. The van der Waals surface area contributed by atoms with Crippen molar-refractivity contribution in [2.24, 2.45) is 11.8 Å². The van der Waals surface area contributed by atoms with Gasteiger partial charge in [0, 0.05) is 0 Å². The lowest BCUT2D eigenvalue weighted by Crippen LogP contribution is -2.39. The molecule has 4 aliphatic rings. The number of hydrazine groups is 1. The number of piperidine rings is 1. The van der Waals surface area contributed by atoms with Crippen LogP contribution in [0.15, 0.2) is 36.4 Å². The molecule has 1 saturated carbocycles. The van der Waals surface area contributed by atoms with Crippen LogP contribution >= 0.6 is 0 Å². The molecule has 2 heterocycles. The molecule has 4 heteroatoms. The van der Waals surface area contributed by atoms with Gasteiger partial charge in [-0.1, -0.05) is 24.3 Å². The molecular formula is C15H12N2O2. The summed E-state index contributed by atoms with van der Waals surface area (Å²) < 4.78 is 0. The van der Waals surface area contributed by atoms with E-state index in [9.17, 15) is 9.59 Å². The minimum atomic E-state index is -0.158. The lowest BCUT2D eigenvalue weighted by Gasteiger charge is -2.20. The van der Waals surface area contributed by atoms with E-state index in [1.165, 1.54) is 11.4 Å². The van der Waals surface area contributed by atoms with E-state index in [1.54, 1.807) is 12.1 Å². The van der Waals surface area contributed by atoms with Crippen molar-refractivity contribution in [2.75, 3.05) is 0 Å². The Morgan fingerprint density at radius 3 is 1.95 bits per heavy atom. The molecular weight excluding hydrogens is 240 g/mol. The highest BCUT2D eigenvalue weighted by Gasteiger charge is 2.67. The molecule has 2 bridgehead atoms. The molecule has 1 aromatic rings. The summed E-state index contributed by atoms with van der Waals surface area (Å²) in [6.45, 7) is 0. The summed E-state index contributed by atoms with van der Waals surface area (Å²) in [6, 6.07) is 7.84. The second-order valence-electron chi connectivity index (χ2n) is 5.78. The average Bonchev–Trinajstić information content (AvgIpc) is 2.77. The second kappa shape index (κ2) is 2.96. The second-order valence-corrected chi connectivity index (χ2v) is 5.78. The van der Waals surface area contributed by atoms with Crippen LogP contribution in [0.1, 0.15) is 27.1 Å². The zero-order valence-electron chi connectivity index (χ0n) is 10.2. The first-order valence-electron chi connectivity index (χ1n) is 6.72. The Bertz CT molecular complexity index is 613. The van der Waals surface area contributed by atoms with Gasteiger partial charge in [0.25, 0.3) is 11.8 Å². The van der Waals surface area contributed by atoms with E-state index < -0.39 is 0 Å².